The highest BCUT2D eigenvalue weighted by Gasteiger charge is 2.27. The Bertz CT molecular complexity index is 5440. The van der Waals surface area contributed by atoms with E-state index in [9.17, 15) is 57.4 Å². The lowest BCUT2D eigenvalue weighted by Crippen LogP contribution is -2.33. The summed E-state index contributed by atoms with van der Waals surface area (Å²) < 4.78 is 74.3. The van der Waals surface area contributed by atoms with Gasteiger partial charge in [-0.1, -0.05) is 6.07 Å². The van der Waals surface area contributed by atoms with Crippen LogP contribution in [0.1, 0.15) is 113 Å². The standard InChI is InChI=1S/C84H104FN19O20/c1-52-41-55(85)42-53(2)73(52)124-66-16-11-54(84(3,4)115)43-60(66)62-49-104(10)83(114)72-61(62)46-63(94-72)77(108)91-56-12-14-59(15-13-56)123-40-39-122-38-37-121-36-35-120-34-33-119-32-31-118-30-29-117-28-27-116-26-24-86-69(105)17-20-90-80(111)75-97-67(50-102(75)8)95-70(106)18-21-89-79(110)65-45-58(48-101(65)7)93-82(113)76-98-68(51-103(76)9)96-71(107)19-22-88-78(109)64-44-57(47-100(64)6)92-81(112)74-87-23-25-99(74)5/h11-16,23,25,41-51,94,115H,17-22,24,26-40H2,1-10H3,(H,86,105)(H,88,109)(H,89,110)(H,90,111)(H,91,108)(H,92,112)(H,93,113)(H,95,106)(H,96,107). The Balaban J connectivity index is 0.486. The molecule has 10 aromatic rings. The molecule has 0 spiro atoms. The number of fused-ring (bicyclic) bond motifs is 1. The third-order valence-corrected chi connectivity index (χ3v) is 18.9. The van der Waals surface area contributed by atoms with Crippen LogP contribution in [0.4, 0.5) is 33.1 Å². The first kappa shape index (κ1) is 93.1. The highest BCUT2D eigenvalue weighted by molar-refractivity contribution is 6.09. The number of hydrogen-bond acceptors (Lipinski definition) is 23. The SMILES string of the molecule is Cc1cc(F)cc(C)c1Oc1ccc(C(C)(C)O)cc1-c1cn(C)c(=O)c2[nH]c(C(=O)Nc3ccc(OCCOCCOCCOCCOCCOCCOCCOCCNC(=O)CCNC(=O)c4nc(NC(=O)CCNC(=O)c5cc(NC(=O)c6nc(NC(=O)CCNC(=O)c7cc(NC(=O)c8nccn8C)cn7C)cn6C)cn5C)cn4C)cc3)cc12. The first-order valence-corrected chi connectivity index (χ1v) is 39.8. The highest BCUT2D eigenvalue weighted by atomic mass is 19.1. The van der Waals surface area contributed by atoms with E-state index in [-0.39, 0.29) is 133 Å². The number of imidazole rings is 3. The van der Waals surface area contributed by atoms with Crippen molar-refractivity contribution in [2.75, 3.05) is 152 Å². The monoisotopic (exact) mass is 1720 g/mol. The summed E-state index contributed by atoms with van der Waals surface area (Å²) in [6.45, 7) is 12.2. The van der Waals surface area contributed by atoms with Crippen molar-refractivity contribution in [3.63, 3.8) is 0 Å². The van der Waals surface area contributed by atoms with Gasteiger partial charge in [-0.15, -0.1) is 0 Å². The van der Waals surface area contributed by atoms with Crippen LogP contribution in [0.5, 0.6) is 17.2 Å². The number of nitrogens with zero attached hydrogens (tertiary/aromatic N) is 9. The van der Waals surface area contributed by atoms with Crippen LogP contribution in [0.3, 0.4) is 0 Å². The van der Waals surface area contributed by atoms with Crippen LogP contribution < -0.4 is 62.9 Å². The van der Waals surface area contributed by atoms with Crippen molar-refractivity contribution in [1.82, 2.24) is 68.6 Å². The Labute approximate surface area is 712 Å². The van der Waals surface area contributed by atoms with Gasteiger partial charge in [-0.3, -0.25) is 47.9 Å². The summed E-state index contributed by atoms with van der Waals surface area (Å²) in [5, 5.41) is 35.6. The van der Waals surface area contributed by atoms with Crippen molar-refractivity contribution in [2.24, 2.45) is 42.3 Å². The van der Waals surface area contributed by atoms with Gasteiger partial charge in [0.1, 0.15) is 52.3 Å². The van der Waals surface area contributed by atoms with Crippen molar-refractivity contribution in [1.29, 1.82) is 0 Å². The Morgan fingerprint density at radius 2 is 0.919 bits per heavy atom. The first-order chi connectivity index (χ1) is 59.5. The van der Waals surface area contributed by atoms with Crippen molar-refractivity contribution < 1.29 is 95.3 Å². The van der Waals surface area contributed by atoms with E-state index in [1.165, 1.54) is 71.9 Å². The minimum atomic E-state index is -1.23. The number of aryl methyl sites for hydroxylation is 8. The topological polar surface area (TPSA) is 466 Å². The average Bonchev–Trinajstić information content (AvgIpc) is 1.53. The van der Waals surface area contributed by atoms with Crippen LogP contribution in [0.15, 0.2) is 121 Å². The molecule has 0 aliphatic carbocycles. The fraction of sp³-hybridized carbons (Fsp3) is 0.393. The minimum absolute atomic E-state index is 0.0103. The number of aliphatic hydroxyl groups is 1. The van der Waals surface area contributed by atoms with Crippen LogP contribution >= 0.6 is 0 Å². The molecule has 10 rings (SSSR count). The van der Waals surface area contributed by atoms with Crippen molar-refractivity contribution in [3.8, 4) is 28.4 Å². The summed E-state index contributed by atoms with van der Waals surface area (Å²) in [6.07, 6.45) is 10.4. The number of hydrogen-bond donors (Lipinski definition) is 11. The third-order valence-electron chi connectivity index (χ3n) is 18.9. The molecule has 9 amide bonds. The number of benzene rings is 3. The number of ether oxygens (including phenoxy) is 9. The molecule has 0 fully saturated rings. The number of carbonyl (C=O) groups excluding carboxylic acids is 9. The van der Waals surface area contributed by atoms with Crippen LogP contribution in [0, 0.1) is 19.7 Å². The molecule has 0 aliphatic rings. The number of anilines is 5. The molecule has 0 unspecified atom stereocenters. The molecule has 39 nitrogen and oxygen atoms in total. The third kappa shape index (κ3) is 27.1. The predicted molar refractivity (Wildman–Crippen MR) is 453 cm³/mol. The van der Waals surface area contributed by atoms with Crippen LogP contribution in [-0.2, 0) is 95.4 Å². The molecule has 0 saturated heterocycles. The Hall–Kier alpha value is -13.2. The number of nitrogens with one attached hydrogen (secondary N) is 10. The number of carbonyl (C=O) groups is 9. The van der Waals surface area contributed by atoms with E-state index in [0.717, 1.165) is 0 Å². The lowest BCUT2D eigenvalue weighted by molar-refractivity contribution is -0.121. The van der Waals surface area contributed by atoms with Gasteiger partial charge in [0, 0.05) is 153 Å². The van der Waals surface area contributed by atoms with Gasteiger partial charge in [0.2, 0.25) is 29.4 Å². The normalized spacial score (nSPS) is 11.4. The molecule has 3 aromatic carbocycles. The van der Waals surface area contributed by atoms with Crippen LogP contribution in [0.25, 0.3) is 22.0 Å². The second-order valence-corrected chi connectivity index (χ2v) is 29.1. The lowest BCUT2D eigenvalue weighted by atomic mass is 9.93. The zero-order valence-corrected chi connectivity index (χ0v) is 70.6. The quantitative estimate of drug-likeness (QED) is 0.0198. The maximum absolute atomic E-state index is 14.3. The molecule has 0 radical (unpaired) electrons. The summed E-state index contributed by atoms with van der Waals surface area (Å²) in [6, 6.07) is 19.4. The molecule has 7 aromatic heterocycles. The summed E-state index contributed by atoms with van der Waals surface area (Å²) in [5.74, 6) is -3.16. The molecule has 0 saturated carbocycles. The van der Waals surface area contributed by atoms with Gasteiger partial charge in [-0.05, 0) is 111 Å². The summed E-state index contributed by atoms with van der Waals surface area (Å²) in [7, 11) is 9.63. The van der Waals surface area contributed by atoms with Gasteiger partial charge in [0.15, 0.2) is 17.5 Å². The maximum Gasteiger partial charge on any atom is 0.291 e. The Kier molecular flexibility index (Phi) is 33.8. The highest BCUT2D eigenvalue weighted by Crippen LogP contribution is 2.41. The minimum Gasteiger partial charge on any atom is -0.491 e. The van der Waals surface area contributed by atoms with E-state index in [1.54, 1.807) is 142 Å². The van der Waals surface area contributed by atoms with Crippen molar-refractivity contribution >= 4 is 92.8 Å². The van der Waals surface area contributed by atoms with Gasteiger partial charge < -0.3 is 128 Å². The molecule has 7 heterocycles. The van der Waals surface area contributed by atoms with Gasteiger partial charge in [0.25, 0.3) is 41.0 Å². The molecule has 0 aliphatic heterocycles. The van der Waals surface area contributed by atoms with Crippen LogP contribution in [-0.4, -0.2) is 231 Å². The van der Waals surface area contributed by atoms with Gasteiger partial charge in [-0.25, -0.2) is 19.3 Å². The number of rotatable bonds is 49. The van der Waals surface area contributed by atoms with E-state index in [2.05, 4.69) is 67.8 Å². The van der Waals surface area contributed by atoms with E-state index in [0.29, 0.717) is 148 Å². The number of halogens is 1. The molecular formula is C84H104FN19O20. The second-order valence-electron chi connectivity index (χ2n) is 29.1. The molecule has 0 atom stereocenters. The molecular weight excluding hydrogens is 1610 g/mol. The summed E-state index contributed by atoms with van der Waals surface area (Å²) >= 11 is 0. The van der Waals surface area contributed by atoms with Gasteiger partial charge in [-0.2, -0.15) is 0 Å². The van der Waals surface area contributed by atoms with Crippen molar-refractivity contribution in [3.05, 3.63) is 184 Å². The van der Waals surface area contributed by atoms with Gasteiger partial charge >= 0.3 is 0 Å². The molecule has 662 valence electrons. The van der Waals surface area contributed by atoms with E-state index >= 15 is 0 Å². The second kappa shape index (κ2) is 45.1. The lowest BCUT2D eigenvalue weighted by Gasteiger charge is -2.22. The molecule has 11 N–H and O–H groups in total. The molecule has 0 bridgehead atoms. The number of amides is 9. The predicted octanol–water partition coefficient (Wildman–Crippen LogP) is 5.89. The molecule has 40 heteroatoms. The smallest absolute Gasteiger partial charge is 0.291 e. The Morgan fingerprint density at radius 1 is 0.452 bits per heavy atom. The number of aromatic nitrogens is 10. The number of pyridine rings is 1. The number of aromatic amines is 1. The van der Waals surface area contributed by atoms with Crippen LogP contribution in [0.2, 0.25) is 0 Å². The number of H-pyrrole nitrogens is 1. The zero-order valence-electron chi connectivity index (χ0n) is 70.6. The van der Waals surface area contributed by atoms with Crippen molar-refractivity contribution in [2.45, 2.75) is 52.6 Å². The Morgan fingerprint density at radius 3 is 1.42 bits per heavy atom. The molecule has 124 heavy (non-hydrogen) atoms. The average molecular weight is 1720 g/mol. The van der Waals surface area contributed by atoms with E-state index < -0.39 is 52.9 Å². The maximum atomic E-state index is 14.3. The zero-order chi connectivity index (χ0) is 89.0. The summed E-state index contributed by atoms with van der Waals surface area (Å²) in [5.41, 5.74) is 3.12. The fourth-order valence-corrected chi connectivity index (χ4v) is 12.6. The van der Waals surface area contributed by atoms with Gasteiger partial charge in [0.05, 0.1) is 109 Å². The summed E-state index contributed by atoms with van der Waals surface area (Å²) in [4.78, 5) is 146. The largest absolute Gasteiger partial charge is 0.491 e. The first-order valence-electron chi connectivity index (χ1n) is 39.8. The fourth-order valence-electron chi connectivity index (χ4n) is 12.6. The van der Waals surface area contributed by atoms with E-state index in [1.807, 2.05) is 0 Å². The van der Waals surface area contributed by atoms with E-state index in [4.69, 9.17) is 42.6 Å².